The predicted octanol–water partition coefficient (Wildman–Crippen LogP) is 1.98. The third-order valence-electron chi connectivity index (χ3n) is 2.41. The molecule has 1 aliphatic rings. The first kappa shape index (κ1) is 10.5. The number of rotatable bonds is 4. The molecule has 0 aromatic rings. The standard InChI is InChI=1S/C10H19NO2/c1-3-6-9(2)10(12)13-11-7-4-5-8-11/h9H,3-8H2,1-2H3. The van der Waals surface area contributed by atoms with Crippen LogP contribution < -0.4 is 0 Å². The van der Waals surface area contributed by atoms with Gasteiger partial charge in [0.25, 0.3) is 0 Å². The fraction of sp³-hybridized carbons (Fsp3) is 0.900. The van der Waals surface area contributed by atoms with Crippen molar-refractivity contribution in [3.63, 3.8) is 0 Å². The van der Waals surface area contributed by atoms with Gasteiger partial charge >= 0.3 is 5.97 Å². The van der Waals surface area contributed by atoms with Crippen molar-refractivity contribution in [3.05, 3.63) is 0 Å². The van der Waals surface area contributed by atoms with E-state index in [1.165, 1.54) is 0 Å². The predicted molar refractivity (Wildman–Crippen MR) is 51.0 cm³/mol. The van der Waals surface area contributed by atoms with E-state index in [-0.39, 0.29) is 11.9 Å². The van der Waals surface area contributed by atoms with Crippen molar-refractivity contribution < 1.29 is 9.63 Å². The molecule has 0 radical (unpaired) electrons. The van der Waals surface area contributed by atoms with E-state index in [1.54, 1.807) is 5.06 Å². The van der Waals surface area contributed by atoms with Gasteiger partial charge in [0.15, 0.2) is 0 Å². The maximum Gasteiger partial charge on any atom is 0.327 e. The van der Waals surface area contributed by atoms with E-state index in [0.717, 1.165) is 38.8 Å². The van der Waals surface area contributed by atoms with Crippen molar-refractivity contribution in [3.8, 4) is 0 Å². The van der Waals surface area contributed by atoms with E-state index >= 15 is 0 Å². The van der Waals surface area contributed by atoms with E-state index in [1.807, 2.05) is 6.92 Å². The summed E-state index contributed by atoms with van der Waals surface area (Å²) < 4.78 is 0. The van der Waals surface area contributed by atoms with Gasteiger partial charge < -0.3 is 4.84 Å². The minimum atomic E-state index is -0.0660. The zero-order valence-corrected chi connectivity index (χ0v) is 8.58. The Kier molecular flexibility index (Phi) is 4.22. The molecule has 1 heterocycles. The highest BCUT2D eigenvalue weighted by atomic mass is 16.7. The van der Waals surface area contributed by atoms with Crippen LogP contribution in [0.4, 0.5) is 0 Å². The molecule has 1 aliphatic heterocycles. The van der Waals surface area contributed by atoms with E-state index in [4.69, 9.17) is 4.84 Å². The Labute approximate surface area is 80.0 Å². The van der Waals surface area contributed by atoms with E-state index in [0.29, 0.717) is 0 Å². The van der Waals surface area contributed by atoms with Crippen molar-refractivity contribution in [1.29, 1.82) is 0 Å². The number of hydrogen-bond donors (Lipinski definition) is 0. The van der Waals surface area contributed by atoms with Gasteiger partial charge in [-0.2, -0.15) is 0 Å². The number of carbonyl (C=O) groups is 1. The van der Waals surface area contributed by atoms with Gasteiger partial charge in [-0.25, -0.2) is 0 Å². The molecule has 0 aromatic heterocycles. The van der Waals surface area contributed by atoms with Crippen molar-refractivity contribution in [2.24, 2.45) is 5.92 Å². The van der Waals surface area contributed by atoms with Crippen molar-refractivity contribution >= 4 is 5.97 Å². The molecule has 76 valence electrons. The molecule has 1 atom stereocenters. The lowest BCUT2D eigenvalue weighted by Crippen LogP contribution is -2.27. The van der Waals surface area contributed by atoms with Crippen LogP contribution in [0, 0.1) is 5.92 Å². The van der Waals surface area contributed by atoms with Crippen LogP contribution in [0.3, 0.4) is 0 Å². The minimum Gasteiger partial charge on any atom is -0.368 e. The molecule has 0 aromatic carbocycles. The van der Waals surface area contributed by atoms with Crippen molar-refractivity contribution in [1.82, 2.24) is 5.06 Å². The molecule has 13 heavy (non-hydrogen) atoms. The molecule has 1 fully saturated rings. The number of hydroxylamine groups is 2. The van der Waals surface area contributed by atoms with Gasteiger partial charge in [-0.05, 0) is 19.3 Å². The van der Waals surface area contributed by atoms with Crippen LogP contribution in [0.15, 0.2) is 0 Å². The Bertz CT molecular complexity index is 164. The first-order valence-corrected chi connectivity index (χ1v) is 5.20. The van der Waals surface area contributed by atoms with Crippen molar-refractivity contribution in [2.75, 3.05) is 13.1 Å². The normalized spacial score (nSPS) is 20.2. The van der Waals surface area contributed by atoms with Gasteiger partial charge in [0.05, 0.1) is 5.92 Å². The lowest BCUT2D eigenvalue weighted by Gasteiger charge is -2.17. The van der Waals surface area contributed by atoms with Crippen molar-refractivity contribution in [2.45, 2.75) is 39.5 Å². The van der Waals surface area contributed by atoms with Crippen LogP contribution >= 0.6 is 0 Å². The third-order valence-corrected chi connectivity index (χ3v) is 2.41. The van der Waals surface area contributed by atoms with E-state index < -0.39 is 0 Å². The maximum atomic E-state index is 11.4. The molecule has 3 heteroatoms. The molecular formula is C10H19NO2. The SMILES string of the molecule is CCCC(C)C(=O)ON1CCCC1. The molecule has 0 amide bonds. The highest BCUT2D eigenvalue weighted by molar-refractivity contribution is 5.71. The average Bonchev–Trinajstić information content (AvgIpc) is 2.57. The molecule has 1 unspecified atom stereocenters. The zero-order chi connectivity index (χ0) is 9.68. The largest absolute Gasteiger partial charge is 0.368 e. The quantitative estimate of drug-likeness (QED) is 0.670. The Balaban J connectivity index is 2.22. The summed E-state index contributed by atoms with van der Waals surface area (Å²) in [4.78, 5) is 16.6. The van der Waals surface area contributed by atoms with Gasteiger partial charge in [-0.15, -0.1) is 5.06 Å². The first-order valence-electron chi connectivity index (χ1n) is 5.20. The highest BCUT2D eigenvalue weighted by Crippen LogP contribution is 2.12. The molecule has 0 bridgehead atoms. The lowest BCUT2D eigenvalue weighted by molar-refractivity contribution is -0.190. The van der Waals surface area contributed by atoms with Crippen LogP contribution in [0.25, 0.3) is 0 Å². The second-order valence-corrected chi connectivity index (χ2v) is 3.74. The number of nitrogens with zero attached hydrogens (tertiary/aromatic N) is 1. The summed E-state index contributed by atoms with van der Waals surface area (Å²) in [6.45, 7) is 5.83. The highest BCUT2D eigenvalue weighted by Gasteiger charge is 2.20. The van der Waals surface area contributed by atoms with Crippen LogP contribution in [0.2, 0.25) is 0 Å². The summed E-state index contributed by atoms with van der Waals surface area (Å²) in [7, 11) is 0. The summed E-state index contributed by atoms with van der Waals surface area (Å²) in [6, 6.07) is 0. The molecule has 1 rings (SSSR count). The third kappa shape index (κ3) is 3.35. The minimum absolute atomic E-state index is 0.0469. The Morgan fingerprint density at radius 1 is 1.46 bits per heavy atom. The summed E-state index contributed by atoms with van der Waals surface area (Å²) in [6.07, 6.45) is 4.26. The second kappa shape index (κ2) is 5.22. The Morgan fingerprint density at radius 2 is 2.08 bits per heavy atom. The van der Waals surface area contributed by atoms with Crippen LogP contribution in [-0.4, -0.2) is 24.1 Å². The lowest BCUT2D eigenvalue weighted by atomic mass is 10.1. The summed E-state index contributed by atoms with van der Waals surface area (Å²) >= 11 is 0. The molecular weight excluding hydrogens is 166 g/mol. The molecule has 1 saturated heterocycles. The zero-order valence-electron chi connectivity index (χ0n) is 8.58. The fourth-order valence-electron chi connectivity index (χ4n) is 1.55. The molecule has 0 saturated carbocycles. The second-order valence-electron chi connectivity index (χ2n) is 3.74. The number of carbonyl (C=O) groups excluding carboxylic acids is 1. The smallest absolute Gasteiger partial charge is 0.327 e. The van der Waals surface area contributed by atoms with Crippen LogP contribution in [0.1, 0.15) is 39.5 Å². The van der Waals surface area contributed by atoms with Gasteiger partial charge in [-0.1, -0.05) is 20.3 Å². The maximum absolute atomic E-state index is 11.4. The molecule has 0 spiro atoms. The van der Waals surface area contributed by atoms with Gasteiger partial charge in [0.2, 0.25) is 0 Å². The fourth-order valence-corrected chi connectivity index (χ4v) is 1.55. The van der Waals surface area contributed by atoms with Crippen LogP contribution in [-0.2, 0) is 9.63 Å². The molecule has 0 aliphatic carbocycles. The Morgan fingerprint density at radius 3 is 2.62 bits per heavy atom. The summed E-state index contributed by atoms with van der Waals surface area (Å²) in [5.74, 6) is -0.0191. The van der Waals surface area contributed by atoms with Gasteiger partial charge in [0, 0.05) is 13.1 Å². The monoisotopic (exact) mass is 185 g/mol. The Hall–Kier alpha value is -0.570. The van der Waals surface area contributed by atoms with Gasteiger partial charge in [-0.3, -0.25) is 4.79 Å². The average molecular weight is 185 g/mol. The topological polar surface area (TPSA) is 29.5 Å². The molecule has 3 nitrogen and oxygen atoms in total. The summed E-state index contributed by atoms with van der Waals surface area (Å²) in [5.41, 5.74) is 0. The van der Waals surface area contributed by atoms with E-state index in [2.05, 4.69) is 6.92 Å². The number of hydrogen-bond acceptors (Lipinski definition) is 3. The van der Waals surface area contributed by atoms with Crippen LogP contribution in [0.5, 0.6) is 0 Å². The molecule has 0 N–H and O–H groups in total. The summed E-state index contributed by atoms with van der Waals surface area (Å²) in [5, 5.41) is 1.79. The van der Waals surface area contributed by atoms with Gasteiger partial charge in [0.1, 0.15) is 0 Å². The van der Waals surface area contributed by atoms with E-state index in [9.17, 15) is 4.79 Å². The first-order chi connectivity index (χ1) is 6.24.